The zero-order valence-electron chi connectivity index (χ0n) is 8.69. The molecular formula is C11H8Br2N2O2. The number of aromatic nitrogens is 1. The fourth-order valence-corrected chi connectivity index (χ4v) is 2.76. The number of rotatable bonds is 1. The van der Waals surface area contributed by atoms with E-state index in [1.165, 1.54) is 0 Å². The highest BCUT2D eigenvalue weighted by Gasteiger charge is 2.31. The fraction of sp³-hybridized carbons (Fsp3) is 0.273. The van der Waals surface area contributed by atoms with Crippen LogP contribution in [0.4, 0.5) is 6.01 Å². The maximum atomic E-state index is 11.7. The third-order valence-corrected chi connectivity index (χ3v) is 3.75. The highest BCUT2D eigenvalue weighted by atomic mass is 79.9. The molecule has 1 saturated heterocycles. The van der Waals surface area contributed by atoms with Crippen LogP contribution in [0.3, 0.4) is 0 Å². The smallest absolute Gasteiger partial charge is 0.305 e. The van der Waals surface area contributed by atoms with Crippen LogP contribution in [0.15, 0.2) is 27.1 Å². The Morgan fingerprint density at radius 2 is 2.29 bits per heavy atom. The molecule has 1 aliphatic heterocycles. The van der Waals surface area contributed by atoms with Gasteiger partial charge in [0.2, 0.25) is 5.91 Å². The Kier molecular flexibility index (Phi) is 2.71. The summed E-state index contributed by atoms with van der Waals surface area (Å²) in [5.41, 5.74) is 1.44. The Morgan fingerprint density at radius 1 is 1.47 bits per heavy atom. The molecule has 0 saturated carbocycles. The van der Waals surface area contributed by atoms with Crippen LogP contribution in [0, 0.1) is 0 Å². The van der Waals surface area contributed by atoms with Crippen molar-refractivity contribution in [2.24, 2.45) is 0 Å². The second-order valence-corrected chi connectivity index (χ2v) is 6.12. The van der Waals surface area contributed by atoms with Gasteiger partial charge < -0.3 is 4.42 Å². The molecule has 3 rings (SSSR count). The van der Waals surface area contributed by atoms with Gasteiger partial charge >= 0.3 is 6.01 Å². The number of anilines is 1. The van der Waals surface area contributed by atoms with Crippen LogP contribution in [-0.2, 0) is 4.79 Å². The Hall–Kier alpha value is -0.880. The Morgan fingerprint density at radius 3 is 3.00 bits per heavy atom. The Balaban J connectivity index is 2.03. The van der Waals surface area contributed by atoms with Gasteiger partial charge in [-0.1, -0.05) is 31.9 Å². The molecule has 1 atom stereocenters. The van der Waals surface area contributed by atoms with E-state index >= 15 is 0 Å². The van der Waals surface area contributed by atoms with Crippen LogP contribution in [0.5, 0.6) is 0 Å². The zero-order valence-corrected chi connectivity index (χ0v) is 11.9. The molecule has 0 radical (unpaired) electrons. The third-order valence-electron chi connectivity index (χ3n) is 2.65. The van der Waals surface area contributed by atoms with Crippen LogP contribution in [0.1, 0.15) is 6.42 Å². The van der Waals surface area contributed by atoms with E-state index < -0.39 is 0 Å². The van der Waals surface area contributed by atoms with Crippen molar-refractivity contribution in [2.45, 2.75) is 11.2 Å². The number of hydrogen-bond donors (Lipinski definition) is 0. The van der Waals surface area contributed by atoms with Gasteiger partial charge in [0.05, 0.1) is 0 Å². The number of hydrogen-bond acceptors (Lipinski definition) is 3. The number of halogens is 2. The van der Waals surface area contributed by atoms with E-state index in [1.807, 2.05) is 18.2 Å². The van der Waals surface area contributed by atoms with Gasteiger partial charge in [-0.3, -0.25) is 9.69 Å². The monoisotopic (exact) mass is 358 g/mol. The normalized spacial score (nSPS) is 20.5. The van der Waals surface area contributed by atoms with Gasteiger partial charge in [0.25, 0.3) is 0 Å². The Labute approximate surface area is 114 Å². The van der Waals surface area contributed by atoms with Crippen molar-refractivity contribution in [3.05, 3.63) is 22.7 Å². The number of nitrogens with zero attached hydrogens (tertiary/aromatic N) is 2. The van der Waals surface area contributed by atoms with Crippen LogP contribution in [-0.4, -0.2) is 22.3 Å². The van der Waals surface area contributed by atoms with E-state index in [-0.39, 0.29) is 10.7 Å². The van der Waals surface area contributed by atoms with Gasteiger partial charge in [-0.25, -0.2) is 0 Å². The fourth-order valence-electron chi connectivity index (χ4n) is 1.85. The van der Waals surface area contributed by atoms with Gasteiger partial charge in [0.1, 0.15) is 5.52 Å². The Bertz CT molecular complexity index is 596. The SMILES string of the molecule is O=C1CC(Br)CN1c1nc2ccc(Br)cc2o1. The van der Waals surface area contributed by atoms with Gasteiger partial charge in [0.15, 0.2) is 5.58 Å². The first kappa shape index (κ1) is 11.2. The van der Waals surface area contributed by atoms with E-state index in [1.54, 1.807) is 4.90 Å². The molecule has 0 N–H and O–H groups in total. The van der Waals surface area contributed by atoms with Gasteiger partial charge in [-0.05, 0) is 18.2 Å². The molecule has 1 aromatic heterocycles. The molecule has 0 aliphatic carbocycles. The number of benzene rings is 1. The largest absolute Gasteiger partial charge is 0.423 e. The molecule has 2 aromatic rings. The number of amides is 1. The van der Waals surface area contributed by atoms with Crippen molar-refractivity contribution < 1.29 is 9.21 Å². The minimum atomic E-state index is 0.0393. The number of alkyl halides is 1. The standard InChI is InChI=1S/C11H8Br2N2O2/c12-6-1-2-8-9(3-6)17-11(14-8)15-5-7(13)4-10(15)16/h1-3,7H,4-5H2. The number of carbonyl (C=O) groups excluding carboxylic acids is 1. The second-order valence-electron chi connectivity index (χ2n) is 3.91. The summed E-state index contributed by atoms with van der Waals surface area (Å²) in [6.45, 7) is 0.604. The molecule has 1 aliphatic rings. The van der Waals surface area contributed by atoms with Crippen LogP contribution in [0.25, 0.3) is 11.1 Å². The second kappa shape index (κ2) is 4.10. The lowest BCUT2D eigenvalue weighted by Gasteiger charge is -2.08. The molecule has 2 heterocycles. The first-order chi connectivity index (χ1) is 8.13. The van der Waals surface area contributed by atoms with Crippen molar-refractivity contribution in [1.29, 1.82) is 0 Å². The summed E-state index contributed by atoms with van der Waals surface area (Å²) in [5.74, 6) is 0.0393. The van der Waals surface area contributed by atoms with E-state index in [0.29, 0.717) is 24.6 Å². The van der Waals surface area contributed by atoms with E-state index in [2.05, 4.69) is 36.8 Å². The van der Waals surface area contributed by atoms with E-state index in [0.717, 1.165) is 9.99 Å². The maximum absolute atomic E-state index is 11.7. The topological polar surface area (TPSA) is 46.3 Å². The molecule has 0 bridgehead atoms. The first-order valence-electron chi connectivity index (χ1n) is 5.14. The summed E-state index contributed by atoms with van der Waals surface area (Å²) in [4.78, 5) is 17.8. The average molecular weight is 360 g/mol. The predicted octanol–water partition coefficient (Wildman–Crippen LogP) is 3.09. The zero-order chi connectivity index (χ0) is 12.0. The average Bonchev–Trinajstić information content (AvgIpc) is 2.80. The lowest BCUT2D eigenvalue weighted by Crippen LogP contribution is -2.24. The van der Waals surface area contributed by atoms with Gasteiger partial charge in [-0.2, -0.15) is 4.98 Å². The summed E-state index contributed by atoms with van der Waals surface area (Å²) < 4.78 is 6.52. The molecule has 1 amide bonds. The first-order valence-corrected chi connectivity index (χ1v) is 6.85. The summed E-state index contributed by atoms with van der Waals surface area (Å²) >= 11 is 6.80. The quantitative estimate of drug-likeness (QED) is 0.735. The molecule has 1 fully saturated rings. The molecule has 6 heteroatoms. The van der Waals surface area contributed by atoms with Gasteiger partial charge in [-0.15, -0.1) is 0 Å². The van der Waals surface area contributed by atoms with Crippen LogP contribution >= 0.6 is 31.9 Å². The predicted molar refractivity (Wildman–Crippen MR) is 71.4 cm³/mol. The lowest BCUT2D eigenvalue weighted by molar-refractivity contribution is -0.117. The number of carbonyl (C=O) groups is 1. The summed E-state index contributed by atoms with van der Waals surface area (Å²) in [7, 11) is 0. The summed E-state index contributed by atoms with van der Waals surface area (Å²) in [6.07, 6.45) is 0.489. The molecule has 4 nitrogen and oxygen atoms in total. The lowest BCUT2D eigenvalue weighted by atomic mass is 10.3. The van der Waals surface area contributed by atoms with Crippen LogP contribution in [0.2, 0.25) is 0 Å². The number of fused-ring (bicyclic) bond motifs is 1. The molecule has 88 valence electrons. The highest BCUT2D eigenvalue weighted by Crippen LogP contribution is 2.29. The number of oxazole rings is 1. The van der Waals surface area contributed by atoms with Crippen molar-refractivity contribution >= 4 is 54.9 Å². The third kappa shape index (κ3) is 1.99. The van der Waals surface area contributed by atoms with Crippen molar-refractivity contribution in [1.82, 2.24) is 4.98 Å². The molecule has 0 spiro atoms. The highest BCUT2D eigenvalue weighted by molar-refractivity contribution is 9.10. The summed E-state index contributed by atoms with van der Waals surface area (Å²) in [6, 6.07) is 5.98. The van der Waals surface area contributed by atoms with Gasteiger partial charge in [0, 0.05) is 22.3 Å². The molecule has 1 aromatic carbocycles. The molecule has 1 unspecified atom stereocenters. The van der Waals surface area contributed by atoms with Crippen LogP contribution < -0.4 is 4.90 Å². The minimum absolute atomic E-state index is 0.0393. The van der Waals surface area contributed by atoms with Crippen molar-refractivity contribution in [2.75, 3.05) is 11.4 Å². The van der Waals surface area contributed by atoms with Crippen molar-refractivity contribution in [3.8, 4) is 0 Å². The summed E-state index contributed by atoms with van der Waals surface area (Å²) in [5, 5.41) is 0. The minimum Gasteiger partial charge on any atom is -0.423 e. The maximum Gasteiger partial charge on any atom is 0.305 e. The van der Waals surface area contributed by atoms with Crippen molar-refractivity contribution in [3.63, 3.8) is 0 Å². The molecule has 17 heavy (non-hydrogen) atoms. The van der Waals surface area contributed by atoms with E-state index in [9.17, 15) is 4.79 Å². The van der Waals surface area contributed by atoms with E-state index in [4.69, 9.17) is 4.42 Å². The molecular weight excluding hydrogens is 352 g/mol.